The van der Waals surface area contributed by atoms with Gasteiger partial charge in [0.25, 0.3) is 10.3 Å². The van der Waals surface area contributed by atoms with Gasteiger partial charge in [-0.05, 0) is 6.92 Å². The Morgan fingerprint density at radius 3 is 3.00 bits per heavy atom. The highest BCUT2D eigenvalue weighted by molar-refractivity contribution is 8.13. The van der Waals surface area contributed by atoms with Gasteiger partial charge in [0.05, 0.1) is 6.04 Å². The van der Waals surface area contributed by atoms with Crippen molar-refractivity contribution in [1.82, 2.24) is 4.90 Å². The van der Waals surface area contributed by atoms with Crippen LogP contribution in [0.15, 0.2) is 0 Å². The first-order chi connectivity index (χ1) is 7.43. The Morgan fingerprint density at radius 1 is 1.88 bits per heavy atom. The predicted molar refractivity (Wildman–Crippen MR) is 55.1 cm³/mol. The Labute approximate surface area is 95.2 Å². The highest BCUT2D eigenvalue weighted by atomic mass is 32.2. The topological polar surface area (TPSA) is 116 Å². The second kappa shape index (κ2) is 5.01. The molecular weight excluding hydrogens is 238 g/mol. The molecule has 1 fully saturated rings. The third-order valence-electron chi connectivity index (χ3n) is 2.14. The van der Waals surface area contributed by atoms with Crippen molar-refractivity contribution in [1.29, 1.82) is 0 Å². The van der Waals surface area contributed by atoms with Crippen molar-refractivity contribution >= 4 is 22.9 Å². The Kier molecular flexibility index (Phi) is 3.93. The maximum Gasteiger partial charge on any atom is 0.294 e. The SMILES string of the molecule is C[C@H](CO[N+](=O)[O-])N1C(=O)SCC1C(N)=O. The van der Waals surface area contributed by atoms with Crippen LogP contribution < -0.4 is 5.73 Å². The van der Waals surface area contributed by atoms with Gasteiger partial charge in [-0.25, -0.2) is 0 Å². The van der Waals surface area contributed by atoms with Crippen LogP contribution in [-0.2, 0) is 9.63 Å². The number of carbonyl (C=O) groups excluding carboxylic acids is 2. The molecule has 0 bridgehead atoms. The van der Waals surface area contributed by atoms with Crippen molar-refractivity contribution in [3.8, 4) is 0 Å². The summed E-state index contributed by atoms with van der Waals surface area (Å²) in [6.45, 7) is 1.28. The molecule has 0 aromatic rings. The van der Waals surface area contributed by atoms with E-state index in [1.807, 2.05) is 0 Å². The fraction of sp³-hybridized carbons (Fsp3) is 0.714. The van der Waals surface area contributed by atoms with Gasteiger partial charge < -0.3 is 15.5 Å². The minimum absolute atomic E-state index is 0.275. The van der Waals surface area contributed by atoms with Crippen molar-refractivity contribution < 1.29 is 19.5 Å². The minimum Gasteiger partial charge on any atom is -0.368 e. The molecule has 2 atom stereocenters. The third kappa shape index (κ3) is 2.75. The average molecular weight is 249 g/mol. The first-order valence-electron chi connectivity index (χ1n) is 4.45. The molecule has 1 rings (SSSR count). The van der Waals surface area contributed by atoms with Crippen LogP contribution in [0.3, 0.4) is 0 Å². The molecule has 0 aromatic heterocycles. The van der Waals surface area contributed by atoms with Gasteiger partial charge in [0.15, 0.2) is 0 Å². The lowest BCUT2D eigenvalue weighted by atomic mass is 10.2. The lowest BCUT2D eigenvalue weighted by Gasteiger charge is -2.27. The Morgan fingerprint density at radius 2 is 2.50 bits per heavy atom. The number of rotatable bonds is 5. The molecule has 1 aliphatic heterocycles. The number of carbonyl (C=O) groups is 2. The largest absolute Gasteiger partial charge is 0.368 e. The second-order valence-corrected chi connectivity index (χ2v) is 4.24. The van der Waals surface area contributed by atoms with Gasteiger partial charge in [0, 0.05) is 5.75 Å². The van der Waals surface area contributed by atoms with Gasteiger partial charge in [0.1, 0.15) is 12.6 Å². The van der Waals surface area contributed by atoms with Crippen LogP contribution in [0.4, 0.5) is 4.79 Å². The molecule has 0 aromatic carbocycles. The van der Waals surface area contributed by atoms with Crippen LogP contribution in [0.1, 0.15) is 6.92 Å². The summed E-state index contributed by atoms with van der Waals surface area (Å²) in [7, 11) is 0. The number of hydrogen-bond acceptors (Lipinski definition) is 6. The molecule has 2 amide bonds. The Bertz CT molecular complexity index is 323. The van der Waals surface area contributed by atoms with Crippen molar-refractivity contribution in [3.05, 3.63) is 10.1 Å². The number of hydrogen-bond donors (Lipinski definition) is 1. The van der Waals surface area contributed by atoms with E-state index in [0.717, 1.165) is 11.8 Å². The van der Waals surface area contributed by atoms with E-state index in [-0.39, 0.29) is 17.6 Å². The summed E-state index contributed by atoms with van der Waals surface area (Å²) in [6, 6.07) is -1.28. The van der Waals surface area contributed by atoms with E-state index < -0.39 is 23.1 Å². The van der Waals surface area contributed by atoms with E-state index in [1.54, 1.807) is 6.92 Å². The molecule has 1 aliphatic rings. The van der Waals surface area contributed by atoms with E-state index >= 15 is 0 Å². The molecular formula is C7H11N3O5S. The van der Waals surface area contributed by atoms with Crippen LogP contribution in [0.25, 0.3) is 0 Å². The summed E-state index contributed by atoms with van der Waals surface area (Å²) < 4.78 is 0. The Balaban J connectivity index is 2.64. The molecule has 0 spiro atoms. The minimum atomic E-state index is -0.941. The van der Waals surface area contributed by atoms with Crippen LogP contribution in [-0.4, -0.2) is 45.6 Å². The van der Waals surface area contributed by atoms with Gasteiger partial charge in [-0.2, -0.15) is 0 Å². The molecule has 16 heavy (non-hydrogen) atoms. The van der Waals surface area contributed by atoms with Crippen molar-refractivity contribution in [2.75, 3.05) is 12.4 Å². The molecule has 8 nitrogen and oxygen atoms in total. The first kappa shape index (κ1) is 12.6. The first-order valence-corrected chi connectivity index (χ1v) is 5.43. The quantitative estimate of drug-likeness (QED) is 0.523. The fourth-order valence-corrected chi connectivity index (χ4v) is 2.47. The molecule has 1 heterocycles. The molecule has 1 saturated heterocycles. The number of amides is 2. The van der Waals surface area contributed by atoms with E-state index in [4.69, 9.17) is 5.73 Å². The standard InChI is InChI=1S/C7H11N3O5S/c1-4(2-15-10(13)14)9-5(6(8)11)3-16-7(9)12/h4-5H,2-3H2,1H3,(H2,8,11)/t4-,5?/m1/s1. The molecule has 0 aliphatic carbocycles. The van der Waals surface area contributed by atoms with Crippen molar-refractivity contribution in [3.63, 3.8) is 0 Å². The number of nitrogens with two attached hydrogens (primary N) is 1. The van der Waals surface area contributed by atoms with Gasteiger partial charge in [-0.3, -0.25) is 9.59 Å². The average Bonchev–Trinajstić information content (AvgIpc) is 2.56. The monoisotopic (exact) mass is 249 g/mol. The van der Waals surface area contributed by atoms with Crippen LogP contribution in [0.5, 0.6) is 0 Å². The van der Waals surface area contributed by atoms with Crippen molar-refractivity contribution in [2.24, 2.45) is 5.73 Å². The van der Waals surface area contributed by atoms with Gasteiger partial charge in [0.2, 0.25) is 5.91 Å². The summed E-state index contributed by atoms with van der Waals surface area (Å²) >= 11 is 0.965. The third-order valence-corrected chi connectivity index (χ3v) is 3.08. The van der Waals surface area contributed by atoms with Gasteiger partial charge >= 0.3 is 0 Å². The maximum atomic E-state index is 11.4. The number of thioether (sulfide) groups is 1. The summed E-state index contributed by atoms with van der Waals surface area (Å²) in [5.41, 5.74) is 5.12. The summed E-state index contributed by atoms with van der Waals surface area (Å²) in [5, 5.41) is 8.74. The zero-order chi connectivity index (χ0) is 12.3. The lowest BCUT2D eigenvalue weighted by Crippen LogP contribution is -2.49. The van der Waals surface area contributed by atoms with E-state index in [9.17, 15) is 19.7 Å². The zero-order valence-electron chi connectivity index (χ0n) is 8.49. The fourth-order valence-electron chi connectivity index (χ4n) is 1.39. The highest BCUT2D eigenvalue weighted by Crippen LogP contribution is 2.26. The molecule has 9 heteroatoms. The number of nitrogens with zero attached hydrogens (tertiary/aromatic N) is 2. The van der Waals surface area contributed by atoms with Crippen LogP contribution >= 0.6 is 11.8 Å². The summed E-state index contributed by atoms with van der Waals surface area (Å²) in [5.74, 6) is -0.344. The zero-order valence-corrected chi connectivity index (χ0v) is 9.31. The van der Waals surface area contributed by atoms with Crippen LogP contribution in [0.2, 0.25) is 0 Å². The molecule has 0 saturated carbocycles. The van der Waals surface area contributed by atoms with E-state index in [0.29, 0.717) is 0 Å². The van der Waals surface area contributed by atoms with Crippen LogP contribution in [0, 0.1) is 10.1 Å². The summed E-state index contributed by atoms with van der Waals surface area (Å²) in [4.78, 5) is 37.8. The smallest absolute Gasteiger partial charge is 0.294 e. The number of primary amides is 1. The predicted octanol–water partition coefficient (Wildman–Crippen LogP) is -0.394. The normalized spacial score (nSPS) is 21.9. The highest BCUT2D eigenvalue weighted by Gasteiger charge is 2.38. The van der Waals surface area contributed by atoms with E-state index in [1.165, 1.54) is 4.90 Å². The molecule has 90 valence electrons. The lowest BCUT2D eigenvalue weighted by molar-refractivity contribution is -0.758. The Hall–Kier alpha value is -1.51. The maximum absolute atomic E-state index is 11.4. The molecule has 1 unspecified atom stereocenters. The van der Waals surface area contributed by atoms with Gasteiger partial charge in [-0.1, -0.05) is 11.8 Å². The van der Waals surface area contributed by atoms with E-state index in [2.05, 4.69) is 4.84 Å². The molecule has 2 N–H and O–H groups in total. The van der Waals surface area contributed by atoms with Crippen molar-refractivity contribution in [2.45, 2.75) is 19.0 Å². The van der Waals surface area contributed by atoms with Gasteiger partial charge in [-0.15, -0.1) is 10.1 Å². The molecule has 0 radical (unpaired) electrons. The second-order valence-electron chi connectivity index (χ2n) is 3.27. The summed E-state index contributed by atoms with van der Waals surface area (Å²) in [6.07, 6.45) is 0.